The molecular formula is C16H12N2O3. The molecule has 0 saturated carbocycles. The first-order chi connectivity index (χ1) is 10.3. The Morgan fingerprint density at radius 2 is 2.00 bits per heavy atom. The minimum atomic E-state index is -0.0846. The summed E-state index contributed by atoms with van der Waals surface area (Å²) >= 11 is 0. The fraction of sp³-hybridized carbons (Fsp3) is 0.125. The van der Waals surface area contributed by atoms with Crippen LogP contribution < -0.4 is 10.3 Å². The Kier molecular flexibility index (Phi) is 3.44. The number of para-hydroxylation sites is 1. The van der Waals surface area contributed by atoms with Crippen LogP contribution in [-0.4, -0.2) is 11.2 Å². The highest BCUT2D eigenvalue weighted by atomic mass is 16.5. The molecule has 3 rings (SSSR count). The number of nitriles is 1. The van der Waals surface area contributed by atoms with Gasteiger partial charge in [0.1, 0.15) is 18.3 Å². The van der Waals surface area contributed by atoms with E-state index in [0.29, 0.717) is 17.9 Å². The molecule has 5 heteroatoms. The van der Waals surface area contributed by atoms with Crippen LogP contribution in [0.2, 0.25) is 0 Å². The van der Waals surface area contributed by atoms with Crippen LogP contribution in [-0.2, 0) is 6.54 Å². The number of fused-ring (bicyclic) bond motifs is 1. The van der Waals surface area contributed by atoms with E-state index in [0.717, 1.165) is 5.39 Å². The number of aromatic nitrogens is 1. The molecule has 0 aliphatic rings. The highest BCUT2D eigenvalue weighted by Crippen LogP contribution is 2.32. The second kappa shape index (κ2) is 5.55. The molecular weight excluding hydrogens is 268 g/mol. The summed E-state index contributed by atoms with van der Waals surface area (Å²) in [6.07, 6.45) is 1.70. The van der Waals surface area contributed by atoms with Crippen molar-refractivity contribution >= 4 is 11.0 Å². The lowest BCUT2D eigenvalue weighted by molar-refractivity contribution is 0.294. The third-order valence-corrected chi connectivity index (χ3v) is 3.13. The van der Waals surface area contributed by atoms with Crippen LogP contribution in [0.1, 0.15) is 5.76 Å². The van der Waals surface area contributed by atoms with E-state index in [2.05, 4.69) is 0 Å². The summed E-state index contributed by atoms with van der Waals surface area (Å²) in [5.74, 6) is 0.577. The molecule has 1 aromatic carbocycles. The Labute approximate surface area is 120 Å². The maximum absolute atomic E-state index is 11.6. The molecule has 0 radical (unpaired) electrons. The van der Waals surface area contributed by atoms with Gasteiger partial charge >= 0.3 is 0 Å². The van der Waals surface area contributed by atoms with Gasteiger partial charge in [-0.25, -0.2) is 0 Å². The fourth-order valence-corrected chi connectivity index (χ4v) is 2.13. The second-order valence-corrected chi connectivity index (χ2v) is 4.45. The predicted molar refractivity (Wildman–Crippen MR) is 77.1 cm³/mol. The smallest absolute Gasteiger partial charge is 0.250 e. The van der Waals surface area contributed by atoms with Crippen LogP contribution in [0.15, 0.2) is 57.9 Å². The van der Waals surface area contributed by atoms with E-state index in [-0.39, 0.29) is 17.9 Å². The molecule has 0 N–H and O–H groups in total. The molecule has 21 heavy (non-hydrogen) atoms. The number of pyridine rings is 1. The van der Waals surface area contributed by atoms with Crippen LogP contribution in [0.5, 0.6) is 5.75 Å². The third-order valence-electron chi connectivity index (χ3n) is 3.13. The van der Waals surface area contributed by atoms with Gasteiger partial charge in [0.05, 0.1) is 11.9 Å². The molecule has 0 amide bonds. The normalized spacial score (nSPS) is 10.4. The van der Waals surface area contributed by atoms with E-state index in [1.807, 2.05) is 24.3 Å². The van der Waals surface area contributed by atoms with Crippen molar-refractivity contribution in [2.45, 2.75) is 6.54 Å². The molecule has 0 unspecified atom stereocenters. The van der Waals surface area contributed by atoms with E-state index in [4.69, 9.17) is 14.4 Å². The minimum Gasteiger partial charge on any atom is -0.486 e. The molecule has 3 aromatic rings. The number of hydrogen-bond acceptors (Lipinski definition) is 4. The molecule has 0 atom stereocenters. The fourth-order valence-electron chi connectivity index (χ4n) is 2.13. The Morgan fingerprint density at radius 1 is 1.19 bits per heavy atom. The zero-order valence-corrected chi connectivity index (χ0v) is 11.2. The average Bonchev–Trinajstić information content (AvgIpc) is 2.87. The standard InChI is InChI=1S/C16H12N2O3/c17-11-14-16(12-5-1-2-6-13(12)21-14)20-10-9-18-8-4-3-7-15(18)19/h1-8H,9-10H2. The van der Waals surface area contributed by atoms with E-state index in [9.17, 15) is 4.79 Å². The van der Waals surface area contributed by atoms with Gasteiger partial charge in [-0.1, -0.05) is 18.2 Å². The maximum Gasteiger partial charge on any atom is 0.250 e. The summed E-state index contributed by atoms with van der Waals surface area (Å²) < 4.78 is 12.6. The summed E-state index contributed by atoms with van der Waals surface area (Å²) in [6, 6.07) is 14.3. The Bertz CT molecular complexity index is 871. The zero-order valence-electron chi connectivity index (χ0n) is 11.2. The number of furan rings is 1. The highest BCUT2D eigenvalue weighted by Gasteiger charge is 2.14. The molecule has 0 bridgehead atoms. The van der Waals surface area contributed by atoms with Crippen LogP contribution in [0.4, 0.5) is 0 Å². The van der Waals surface area contributed by atoms with Gasteiger partial charge in [-0.15, -0.1) is 0 Å². The topological polar surface area (TPSA) is 68.2 Å². The molecule has 0 aliphatic heterocycles. The lowest BCUT2D eigenvalue weighted by atomic mass is 10.2. The molecule has 5 nitrogen and oxygen atoms in total. The summed E-state index contributed by atoms with van der Waals surface area (Å²) in [7, 11) is 0. The van der Waals surface area contributed by atoms with Crippen molar-refractivity contribution in [3.63, 3.8) is 0 Å². The average molecular weight is 280 g/mol. The Hall–Kier alpha value is -3.00. The SMILES string of the molecule is N#Cc1oc2ccccc2c1OCCn1ccccc1=O. The van der Waals surface area contributed by atoms with Crippen molar-refractivity contribution in [1.82, 2.24) is 4.57 Å². The monoisotopic (exact) mass is 280 g/mol. The van der Waals surface area contributed by atoms with Crippen LogP contribution in [0, 0.1) is 11.3 Å². The first kappa shape index (κ1) is 13.0. The van der Waals surface area contributed by atoms with E-state index < -0.39 is 0 Å². The molecule has 104 valence electrons. The Morgan fingerprint density at radius 3 is 2.81 bits per heavy atom. The van der Waals surface area contributed by atoms with Gasteiger partial charge in [-0.3, -0.25) is 4.79 Å². The first-order valence-electron chi connectivity index (χ1n) is 6.49. The van der Waals surface area contributed by atoms with Crippen molar-refractivity contribution in [1.29, 1.82) is 5.26 Å². The number of ether oxygens (including phenoxy) is 1. The van der Waals surface area contributed by atoms with Crippen molar-refractivity contribution in [3.05, 3.63) is 64.8 Å². The van der Waals surface area contributed by atoms with E-state index in [1.54, 1.807) is 29.0 Å². The van der Waals surface area contributed by atoms with Crippen molar-refractivity contribution < 1.29 is 9.15 Å². The van der Waals surface area contributed by atoms with Crippen molar-refractivity contribution in [2.75, 3.05) is 6.61 Å². The van der Waals surface area contributed by atoms with Crippen LogP contribution in [0.25, 0.3) is 11.0 Å². The van der Waals surface area contributed by atoms with E-state index in [1.165, 1.54) is 6.07 Å². The zero-order chi connectivity index (χ0) is 14.7. The summed E-state index contributed by atoms with van der Waals surface area (Å²) in [5, 5.41) is 9.86. The highest BCUT2D eigenvalue weighted by molar-refractivity contribution is 5.86. The summed E-state index contributed by atoms with van der Waals surface area (Å²) in [4.78, 5) is 11.6. The predicted octanol–water partition coefficient (Wildman–Crippen LogP) is 2.55. The molecule has 0 saturated heterocycles. The first-order valence-corrected chi connectivity index (χ1v) is 6.49. The van der Waals surface area contributed by atoms with Gasteiger partial charge in [0.25, 0.3) is 5.56 Å². The van der Waals surface area contributed by atoms with E-state index >= 15 is 0 Å². The minimum absolute atomic E-state index is 0.0846. The van der Waals surface area contributed by atoms with Crippen molar-refractivity contribution in [3.8, 4) is 11.8 Å². The summed E-state index contributed by atoms with van der Waals surface area (Å²) in [6.45, 7) is 0.687. The molecule has 0 aliphatic carbocycles. The van der Waals surface area contributed by atoms with Gasteiger partial charge in [0.15, 0.2) is 5.75 Å². The van der Waals surface area contributed by atoms with Gasteiger partial charge < -0.3 is 13.7 Å². The van der Waals surface area contributed by atoms with Gasteiger partial charge in [-0.2, -0.15) is 5.26 Å². The van der Waals surface area contributed by atoms with Gasteiger partial charge in [-0.05, 0) is 18.2 Å². The molecule has 2 heterocycles. The summed E-state index contributed by atoms with van der Waals surface area (Å²) in [5.41, 5.74) is 0.527. The molecule has 0 spiro atoms. The van der Waals surface area contributed by atoms with Gasteiger partial charge in [0, 0.05) is 12.3 Å². The molecule has 2 aromatic heterocycles. The molecule has 0 fully saturated rings. The quantitative estimate of drug-likeness (QED) is 0.736. The van der Waals surface area contributed by atoms with Crippen LogP contribution >= 0.6 is 0 Å². The number of rotatable bonds is 4. The maximum atomic E-state index is 11.6. The second-order valence-electron chi connectivity index (χ2n) is 4.45. The van der Waals surface area contributed by atoms with Crippen molar-refractivity contribution in [2.24, 2.45) is 0 Å². The number of nitrogens with zero attached hydrogens (tertiary/aromatic N) is 2. The lowest BCUT2D eigenvalue weighted by Crippen LogP contribution is -2.21. The van der Waals surface area contributed by atoms with Crippen LogP contribution in [0.3, 0.4) is 0 Å². The largest absolute Gasteiger partial charge is 0.486 e. The number of hydrogen-bond donors (Lipinski definition) is 0. The number of benzene rings is 1. The third kappa shape index (κ3) is 2.51. The van der Waals surface area contributed by atoms with Gasteiger partial charge in [0.2, 0.25) is 5.76 Å². The Balaban J connectivity index is 1.81. The lowest BCUT2D eigenvalue weighted by Gasteiger charge is -2.06.